The van der Waals surface area contributed by atoms with Crippen LogP contribution in [0.25, 0.3) is 0 Å². The van der Waals surface area contributed by atoms with Crippen LogP contribution in [0.15, 0.2) is 40.6 Å². The monoisotopic (exact) mass is 288 g/mol. The highest BCUT2D eigenvalue weighted by atomic mass is 16.5. The van der Waals surface area contributed by atoms with Gasteiger partial charge in [-0.2, -0.15) is 0 Å². The van der Waals surface area contributed by atoms with E-state index in [0.717, 1.165) is 11.3 Å². The lowest BCUT2D eigenvalue weighted by molar-refractivity contribution is -0.117. The number of aliphatic hydroxyl groups excluding tert-OH is 1. The van der Waals surface area contributed by atoms with Crippen molar-refractivity contribution >= 4 is 11.6 Å². The molecule has 0 fully saturated rings. The average molecular weight is 288 g/mol. The van der Waals surface area contributed by atoms with Gasteiger partial charge in [0, 0.05) is 11.3 Å². The maximum atomic E-state index is 11.9. The van der Waals surface area contributed by atoms with Crippen molar-refractivity contribution in [2.45, 2.75) is 32.9 Å². The molecule has 1 heterocycles. The van der Waals surface area contributed by atoms with E-state index in [-0.39, 0.29) is 17.2 Å². The van der Waals surface area contributed by atoms with E-state index in [9.17, 15) is 9.90 Å². The summed E-state index contributed by atoms with van der Waals surface area (Å²) in [4.78, 5) is 16.4. The first-order chi connectivity index (χ1) is 9.86. The van der Waals surface area contributed by atoms with Crippen LogP contribution in [0.5, 0.6) is 5.75 Å². The highest BCUT2D eigenvalue weighted by Gasteiger charge is 2.38. The maximum Gasteiger partial charge on any atom is 0.257 e. The van der Waals surface area contributed by atoms with Gasteiger partial charge < -0.3 is 15.2 Å². The van der Waals surface area contributed by atoms with Gasteiger partial charge in [-0.3, -0.25) is 9.79 Å². The molecule has 0 aliphatic carbocycles. The molecule has 1 amide bonds. The predicted octanol–water partition coefficient (Wildman–Crippen LogP) is 2.38. The number of ether oxygens (including phenoxy) is 1. The average Bonchev–Trinajstić information content (AvgIpc) is 2.65. The van der Waals surface area contributed by atoms with Crippen LogP contribution >= 0.6 is 0 Å². The third kappa shape index (κ3) is 2.91. The van der Waals surface area contributed by atoms with Crippen molar-refractivity contribution in [2.75, 3.05) is 7.11 Å². The van der Waals surface area contributed by atoms with E-state index in [2.05, 4.69) is 10.3 Å². The summed E-state index contributed by atoms with van der Waals surface area (Å²) < 4.78 is 5.27. The molecule has 0 spiro atoms. The van der Waals surface area contributed by atoms with Crippen LogP contribution in [0.2, 0.25) is 0 Å². The Bertz CT molecular complexity index is 630. The number of hydrogen-bond donors (Lipinski definition) is 2. The lowest BCUT2D eigenvalue weighted by Crippen LogP contribution is -2.38. The quantitative estimate of drug-likeness (QED) is 0.836. The van der Waals surface area contributed by atoms with E-state index in [1.54, 1.807) is 27.9 Å². The summed E-state index contributed by atoms with van der Waals surface area (Å²) in [5.74, 6) is 0.496. The molecule has 21 heavy (non-hydrogen) atoms. The van der Waals surface area contributed by atoms with Crippen LogP contribution in [-0.4, -0.2) is 29.4 Å². The molecule has 0 saturated heterocycles. The second kappa shape index (κ2) is 5.60. The van der Waals surface area contributed by atoms with Crippen molar-refractivity contribution in [2.24, 2.45) is 4.99 Å². The second-order valence-electron chi connectivity index (χ2n) is 5.52. The van der Waals surface area contributed by atoms with E-state index in [4.69, 9.17) is 4.74 Å². The number of carbonyl (C=O) groups excluding carboxylic acids is 1. The van der Waals surface area contributed by atoms with Crippen molar-refractivity contribution in [1.82, 2.24) is 5.32 Å². The number of hydrogen-bond acceptors (Lipinski definition) is 4. The van der Waals surface area contributed by atoms with Crippen molar-refractivity contribution in [3.8, 4) is 5.75 Å². The minimum Gasteiger partial charge on any atom is -0.509 e. The van der Waals surface area contributed by atoms with Gasteiger partial charge in [0.15, 0.2) is 0 Å². The van der Waals surface area contributed by atoms with Gasteiger partial charge in [-0.1, -0.05) is 18.2 Å². The molecule has 0 saturated carbocycles. The Morgan fingerprint density at radius 1 is 1.38 bits per heavy atom. The first kappa shape index (κ1) is 15.1. The standard InChI is InChI=1S/C16H20N2O3/c1-10(13-14(19)16(2,3)18-15(13)20)17-9-11-7-5-6-8-12(11)21-4/h5-8,19H,9H2,1-4H3,(H,18,20). The van der Waals surface area contributed by atoms with E-state index in [1.165, 1.54) is 0 Å². The first-order valence-electron chi connectivity index (χ1n) is 6.76. The lowest BCUT2D eigenvalue weighted by atomic mass is 10.0. The van der Waals surface area contributed by atoms with Crippen LogP contribution in [0.4, 0.5) is 0 Å². The normalized spacial score (nSPS) is 17.9. The SMILES string of the molecule is COc1ccccc1CN=C(C)C1=C(O)C(C)(C)NC1=O. The minimum absolute atomic E-state index is 0.0359. The van der Waals surface area contributed by atoms with Gasteiger partial charge in [0.2, 0.25) is 0 Å². The molecule has 2 rings (SSSR count). The molecule has 0 atom stereocenters. The van der Waals surface area contributed by atoms with Gasteiger partial charge in [0.25, 0.3) is 5.91 Å². The number of methoxy groups -OCH3 is 1. The van der Waals surface area contributed by atoms with Crippen molar-refractivity contribution in [3.05, 3.63) is 41.2 Å². The van der Waals surface area contributed by atoms with Gasteiger partial charge in [-0.25, -0.2) is 0 Å². The van der Waals surface area contributed by atoms with Crippen molar-refractivity contribution in [3.63, 3.8) is 0 Å². The Labute approximate surface area is 124 Å². The number of carbonyl (C=O) groups is 1. The van der Waals surface area contributed by atoms with Gasteiger partial charge in [-0.05, 0) is 26.8 Å². The molecule has 1 aromatic rings. The molecule has 1 aliphatic rings. The fraction of sp³-hybridized carbons (Fsp3) is 0.375. The number of nitrogens with one attached hydrogen (secondary N) is 1. The number of nitrogens with zero attached hydrogens (tertiary/aromatic N) is 1. The molecule has 1 aliphatic heterocycles. The highest BCUT2D eigenvalue weighted by Crippen LogP contribution is 2.26. The first-order valence-corrected chi connectivity index (χ1v) is 6.76. The summed E-state index contributed by atoms with van der Waals surface area (Å²) in [6, 6.07) is 7.58. The third-order valence-corrected chi connectivity index (χ3v) is 3.52. The minimum atomic E-state index is -0.742. The number of aliphatic hydroxyl groups is 1. The van der Waals surface area contributed by atoms with Crippen LogP contribution in [-0.2, 0) is 11.3 Å². The van der Waals surface area contributed by atoms with E-state index in [1.807, 2.05) is 24.3 Å². The lowest BCUT2D eigenvalue weighted by Gasteiger charge is -2.17. The van der Waals surface area contributed by atoms with E-state index in [0.29, 0.717) is 12.3 Å². The second-order valence-corrected chi connectivity index (χ2v) is 5.52. The zero-order valence-electron chi connectivity index (χ0n) is 12.7. The molecular weight excluding hydrogens is 268 g/mol. The molecule has 0 radical (unpaired) electrons. The largest absolute Gasteiger partial charge is 0.509 e. The Morgan fingerprint density at radius 2 is 2.05 bits per heavy atom. The predicted molar refractivity (Wildman–Crippen MR) is 81.7 cm³/mol. The zero-order chi connectivity index (χ0) is 15.6. The fourth-order valence-corrected chi connectivity index (χ4v) is 2.28. The topological polar surface area (TPSA) is 70.9 Å². The molecule has 0 aromatic heterocycles. The zero-order valence-corrected chi connectivity index (χ0v) is 12.7. The molecular formula is C16H20N2O3. The summed E-state index contributed by atoms with van der Waals surface area (Å²) in [5, 5.41) is 12.9. The Morgan fingerprint density at radius 3 is 2.62 bits per heavy atom. The summed E-state index contributed by atoms with van der Waals surface area (Å²) >= 11 is 0. The number of para-hydroxylation sites is 1. The number of rotatable bonds is 4. The van der Waals surface area contributed by atoms with Crippen LogP contribution in [0.1, 0.15) is 26.3 Å². The summed E-state index contributed by atoms with van der Waals surface area (Å²) in [7, 11) is 1.61. The fourth-order valence-electron chi connectivity index (χ4n) is 2.28. The van der Waals surface area contributed by atoms with E-state index < -0.39 is 5.54 Å². The molecule has 0 bridgehead atoms. The van der Waals surface area contributed by atoms with Crippen molar-refractivity contribution in [1.29, 1.82) is 0 Å². The van der Waals surface area contributed by atoms with E-state index >= 15 is 0 Å². The molecule has 5 heteroatoms. The van der Waals surface area contributed by atoms with Gasteiger partial charge in [-0.15, -0.1) is 0 Å². The van der Waals surface area contributed by atoms with Crippen LogP contribution in [0, 0.1) is 0 Å². The molecule has 0 unspecified atom stereocenters. The van der Waals surface area contributed by atoms with Gasteiger partial charge in [0.1, 0.15) is 11.5 Å². The summed E-state index contributed by atoms with van der Waals surface area (Å²) in [6.07, 6.45) is 0. The number of amides is 1. The summed E-state index contributed by atoms with van der Waals surface area (Å²) in [6.45, 7) is 5.61. The molecule has 112 valence electrons. The number of benzene rings is 1. The number of aliphatic imine (C=N–C) groups is 1. The van der Waals surface area contributed by atoms with Crippen molar-refractivity contribution < 1.29 is 14.6 Å². The Balaban J connectivity index is 2.26. The smallest absolute Gasteiger partial charge is 0.257 e. The Kier molecular flexibility index (Phi) is 4.02. The maximum absolute atomic E-state index is 11.9. The highest BCUT2D eigenvalue weighted by molar-refractivity contribution is 6.23. The molecule has 5 nitrogen and oxygen atoms in total. The Hall–Kier alpha value is -2.30. The van der Waals surface area contributed by atoms with Gasteiger partial charge >= 0.3 is 0 Å². The third-order valence-electron chi connectivity index (χ3n) is 3.52. The van der Waals surface area contributed by atoms with Crippen LogP contribution < -0.4 is 10.1 Å². The van der Waals surface area contributed by atoms with Crippen LogP contribution in [0.3, 0.4) is 0 Å². The molecule has 1 aromatic carbocycles. The van der Waals surface area contributed by atoms with Gasteiger partial charge in [0.05, 0.1) is 24.8 Å². The summed E-state index contributed by atoms with van der Waals surface area (Å²) in [5.41, 5.74) is 0.960. The molecule has 2 N–H and O–H groups in total.